The Balaban J connectivity index is 1.75. The maximum Gasteiger partial charge on any atom is 0.0645 e. The van der Waals surface area contributed by atoms with Crippen LogP contribution in [0.15, 0.2) is 24.5 Å². The molecule has 88 valence electrons. The van der Waals surface area contributed by atoms with E-state index in [2.05, 4.69) is 23.3 Å². The Bertz CT molecular complexity index is 307. The number of nitrogens with zero attached hydrogens (tertiary/aromatic N) is 1. The molecule has 0 amide bonds. The fourth-order valence-corrected chi connectivity index (χ4v) is 2.13. The van der Waals surface area contributed by atoms with Crippen LogP contribution in [0.3, 0.4) is 0 Å². The highest BCUT2D eigenvalue weighted by Crippen LogP contribution is 2.17. The SMILES string of the molecule is CC1(NCCc2cccnc2)CCCOC1. The zero-order valence-electron chi connectivity index (χ0n) is 9.91. The van der Waals surface area contributed by atoms with Crippen molar-refractivity contribution in [3.63, 3.8) is 0 Å². The average molecular weight is 220 g/mol. The molecule has 1 aromatic heterocycles. The van der Waals surface area contributed by atoms with Crippen LogP contribution in [0.5, 0.6) is 0 Å². The summed E-state index contributed by atoms with van der Waals surface area (Å²) in [6.45, 7) is 4.99. The minimum absolute atomic E-state index is 0.167. The summed E-state index contributed by atoms with van der Waals surface area (Å²) in [5.74, 6) is 0. The van der Waals surface area contributed by atoms with Crippen molar-refractivity contribution in [3.05, 3.63) is 30.1 Å². The molecular formula is C13H20N2O. The number of hydrogen-bond donors (Lipinski definition) is 1. The summed E-state index contributed by atoms with van der Waals surface area (Å²) in [5, 5.41) is 3.59. The van der Waals surface area contributed by atoms with Crippen molar-refractivity contribution in [3.8, 4) is 0 Å². The fraction of sp³-hybridized carbons (Fsp3) is 0.615. The molecule has 0 saturated carbocycles. The van der Waals surface area contributed by atoms with Crippen LogP contribution in [0.25, 0.3) is 0 Å². The highest BCUT2D eigenvalue weighted by atomic mass is 16.5. The number of pyridine rings is 1. The molecule has 2 heterocycles. The van der Waals surface area contributed by atoms with Crippen LogP contribution in [0.4, 0.5) is 0 Å². The van der Waals surface area contributed by atoms with Gasteiger partial charge in [0, 0.05) is 24.5 Å². The van der Waals surface area contributed by atoms with Crippen LogP contribution in [0, 0.1) is 0 Å². The van der Waals surface area contributed by atoms with E-state index in [1.54, 1.807) is 0 Å². The van der Waals surface area contributed by atoms with Gasteiger partial charge in [-0.1, -0.05) is 6.07 Å². The number of nitrogens with one attached hydrogen (secondary N) is 1. The Labute approximate surface area is 97.2 Å². The maximum absolute atomic E-state index is 5.51. The third-order valence-corrected chi connectivity index (χ3v) is 3.13. The van der Waals surface area contributed by atoms with Crippen molar-refractivity contribution >= 4 is 0 Å². The largest absolute Gasteiger partial charge is 0.380 e. The standard InChI is InChI=1S/C13H20N2O/c1-13(6-3-9-16-11-13)15-8-5-12-4-2-7-14-10-12/h2,4,7,10,15H,3,5-6,8-9,11H2,1H3. The smallest absolute Gasteiger partial charge is 0.0645 e. The first-order chi connectivity index (χ1) is 7.79. The van der Waals surface area contributed by atoms with E-state index in [-0.39, 0.29) is 5.54 Å². The van der Waals surface area contributed by atoms with Gasteiger partial charge in [-0.05, 0) is 44.4 Å². The molecule has 1 N–H and O–H groups in total. The lowest BCUT2D eigenvalue weighted by molar-refractivity contribution is 0.0289. The Morgan fingerprint density at radius 3 is 3.19 bits per heavy atom. The van der Waals surface area contributed by atoms with Gasteiger partial charge in [0.1, 0.15) is 0 Å². The Kier molecular flexibility index (Phi) is 3.91. The second-order valence-corrected chi connectivity index (χ2v) is 4.75. The number of rotatable bonds is 4. The van der Waals surface area contributed by atoms with Crippen LogP contribution in [-0.2, 0) is 11.2 Å². The minimum Gasteiger partial charge on any atom is -0.380 e. The van der Waals surface area contributed by atoms with Crippen LogP contribution in [0.2, 0.25) is 0 Å². The van der Waals surface area contributed by atoms with E-state index in [0.717, 1.165) is 32.6 Å². The van der Waals surface area contributed by atoms with Gasteiger partial charge in [0.05, 0.1) is 6.61 Å². The molecule has 0 aromatic carbocycles. The van der Waals surface area contributed by atoms with Crippen LogP contribution in [0.1, 0.15) is 25.3 Å². The van der Waals surface area contributed by atoms with Gasteiger partial charge in [0.25, 0.3) is 0 Å². The first-order valence-corrected chi connectivity index (χ1v) is 6.00. The summed E-state index contributed by atoms with van der Waals surface area (Å²) in [7, 11) is 0. The van der Waals surface area contributed by atoms with Gasteiger partial charge in [-0.25, -0.2) is 0 Å². The molecule has 3 nitrogen and oxygen atoms in total. The summed E-state index contributed by atoms with van der Waals surface area (Å²) >= 11 is 0. The molecule has 0 bridgehead atoms. The molecule has 16 heavy (non-hydrogen) atoms. The van der Waals surface area contributed by atoms with Crippen molar-refractivity contribution in [2.75, 3.05) is 19.8 Å². The molecule has 0 radical (unpaired) electrons. The summed E-state index contributed by atoms with van der Waals surface area (Å²) in [6, 6.07) is 4.11. The van der Waals surface area contributed by atoms with E-state index in [9.17, 15) is 0 Å². The topological polar surface area (TPSA) is 34.2 Å². The molecule has 1 atom stereocenters. The fourth-order valence-electron chi connectivity index (χ4n) is 2.13. The van der Waals surface area contributed by atoms with Gasteiger partial charge in [0.15, 0.2) is 0 Å². The van der Waals surface area contributed by atoms with E-state index in [4.69, 9.17) is 4.74 Å². The predicted octanol–water partition coefficient (Wildman–Crippen LogP) is 1.78. The molecule has 1 aliphatic rings. The lowest BCUT2D eigenvalue weighted by atomic mass is 9.95. The highest BCUT2D eigenvalue weighted by Gasteiger charge is 2.26. The number of hydrogen-bond acceptors (Lipinski definition) is 3. The molecular weight excluding hydrogens is 200 g/mol. The second kappa shape index (κ2) is 5.41. The lowest BCUT2D eigenvalue weighted by Gasteiger charge is -2.34. The van der Waals surface area contributed by atoms with E-state index in [0.29, 0.717) is 0 Å². The third kappa shape index (κ3) is 3.29. The summed E-state index contributed by atoms with van der Waals surface area (Å²) in [4.78, 5) is 4.11. The van der Waals surface area contributed by atoms with E-state index >= 15 is 0 Å². The van der Waals surface area contributed by atoms with Gasteiger partial charge in [-0.15, -0.1) is 0 Å². The minimum atomic E-state index is 0.167. The second-order valence-electron chi connectivity index (χ2n) is 4.75. The molecule has 1 unspecified atom stereocenters. The van der Waals surface area contributed by atoms with Crippen molar-refractivity contribution in [1.29, 1.82) is 0 Å². The van der Waals surface area contributed by atoms with Gasteiger partial charge in [-0.3, -0.25) is 4.98 Å². The third-order valence-electron chi connectivity index (χ3n) is 3.13. The molecule has 3 heteroatoms. The van der Waals surface area contributed by atoms with Crippen LogP contribution in [-0.4, -0.2) is 30.3 Å². The van der Waals surface area contributed by atoms with Crippen molar-refractivity contribution in [2.45, 2.75) is 31.7 Å². The molecule has 1 saturated heterocycles. The first-order valence-electron chi connectivity index (χ1n) is 6.00. The van der Waals surface area contributed by atoms with Crippen LogP contribution >= 0.6 is 0 Å². The van der Waals surface area contributed by atoms with E-state index in [1.807, 2.05) is 18.5 Å². The highest BCUT2D eigenvalue weighted by molar-refractivity contribution is 5.08. The number of ether oxygens (including phenoxy) is 1. The van der Waals surface area contributed by atoms with Gasteiger partial charge in [-0.2, -0.15) is 0 Å². The monoisotopic (exact) mass is 220 g/mol. The predicted molar refractivity (Wildman–Crippen MR) is 64.4 cm³/mol. The summed E-state index contributed by atoms with van der Waals surface area (Å²) < 4.78 is 5.51. The summed E-state index contributed by atoms with van der Waals surface area (Å²) in [5.41, 5.74) is 1.45. The Morgan fingerprint density at radius 1 is 1.56 bits per heavy atom. The van der Waals surface area contributed by atoms with Crippen molar-refractivity contribution in [1.82, 2.24) is 10.3 Å². The molecule has 0 spiro atoms. The average Bonchev–Trinajstić information content (AvgIpc) is 2.31. The zero-order valence-corrected chi connectivity index (χ0v) is 9.91. The normalized spacial score (nSPS) is 25.6. The van der Waals surface area contributed by atoms with Crippen molar-refractivity contribution in [2.24, 2.45) is 0 Å². The maximum atomic E-state index is 5.51. The number of aromatic nitrogens is 1. The van der Waals surface area contributed by atoms with Gasteiger partial charge < -0.3 is 10.1 Å². The Morgan fingerprint density at radius 2 is 2.50 bits per heavy atom. The van der Waals surface area contributed by atoms with E-state index in [1.165, 1.54) is 12.0 Å². The van der Waals surface area contributed by atoms with Gasteiger partial charge >= 0.3 is 0 Å². The summed E-state index contributed by atoms with van der Waals surface area (Å²) in [6.07, 6.45) is 7.15. The molecule has 0 aliphatic carbocycles. The molecule has 1 aromatic rings. The molecule has 2 rings (SSSR count). The van der Waals surface area contributed by atoms with Crippen LogP contribution < -0.4 is 5.32 Å². The lowest BCUT2D eigenvalue weighted by Crippen LogP contribution is -2.49. The first kappa shape index (κ1) is 11.6. The quantitative estimate of drug-likeness (QED) is 0.840. The zero-order chi connectivity index (χ0) is 11.3. The van der Waals surface area contributed by atoms with E-state index < -0.39 is 0 Å². The van der Waals surface area contributed by atoms with Crippen molar-refractivity contribution < 1.29 is 4.74 Å². The molecule has 1 fully saturated rings. The Hall–Kier alpha value is -0.930. The van der Waals surface area contributed by atoms with Gasteiger partial charge in [0.2, 0.25) is 0 Å². The molecule has 1 aliphatic heterocycles.